The molecule has 0 atom stereocenters. The Morgan fingerprint density at radius 3 is 2.17 bits per heavy atom. The van der Waals surface area contributed by atoms with Crippen molar-refractivity contribution in [3.8, 4) is 0 Å². The highest BCUT2D eigenvalue weighted by Crippen LogP contribution is 2.13. The van der Waals surface area contributed by atoms with Gasteiger partial charge in [-0.2, -0.15) is 0 Å². The molecule has 0 aliphatic heterocycles. The maximum absolute atomic E-state index is 12.1. The fourth-order valence-corrected chi connectivity index (χ4v) is 2.07. The first kappa shape index (κ1) is 17.7. The standard InChI is InChI=1S/C19H21NO4/c1-22-18(23-2)13-17(16-11-7-4-8-12-16)20-19(21)24-14-15-9-5-3-6-10-15/h3-13,18H,14H2,1-2H3,(H,20,21). The maximum Gasteiger partial charge on any atom is 0.411 e. The van der Waals surface area contributed by atoms with Gasteiger partial charge in [-0.05, 0) is 17.2 Å². The normalized spacial score (nSPS) is 11.4. The lowest BCUT2D eigenvalue weighted by Gasteiger charge is -2.14. The molecule has 0 radical (unpaired) electrons. The second kappa shape index (κ2) is 9.50. The van der Waals surface area contributed by atoms with E-state index in [0.717, 1.165) is 11.1 Å². The summed E-state index contributed by atoms with van der Waals surface area (Å²) in [4.78, 5) is 12.1. The summed E-state index contributed by atoms with van der Waals surface area (Å²) < 4.78 is 15.6. The van der Waals surface area contributed by atoms with Crippen LogP contribution in [0.25, 0.3) is 5.70 Å². The fourth-order valence-electron chi connectivity index (χ4n) is 2.07. The third-order valence-electron chi connectivity index (χ3n) is 3.30. The summed E-state index contributed by atoms with van der Waals surface area (Å²) >= 11 is 0. The third kappa shape index (κ3) is 5.53. The molecule has 0 aromatic heterocycles. The number of amides is 1. The second-order valence-corrected chi connectivity index (χ2v) is 4.97. The quantitative estimate of drug-likeness (QED) is 0.790. The van der Waals surface area contributed by atoms with Crippen molar-refractivity contribution in [1.82, 2.24) is 5.32 Å². The Labute approximate surface area is 141 Å². The van der Waals surface area contributed by atoms with Crippen LogP contribution in [-0.4, -0.2) is 26.6 Å². The van der Waals surface area contributed by atoms with Crippen LogP contribution in [0.4, 0.5) is 4.79 Å². The Morgan fingerprint density at radius 1 is 1.00 bits per heavy atom. The van der Waals surface area contributed by atoms with Gasteiger partial charge in [0.15, 0.2) is 6.29 Å². The van der Waals surface area contributed by atoms with Crippen LogP contribution in [0.3, 0.4) is 0 Å². The smallest absolute Gasteiger partial charge is 0.411 e. The van der Waals surface area contributed by atoms with E-state index >= 15 is 0 Å². The maximum atomic E-state index is 12.1. The van der Waals surface area contributed by atoms with Crippen LogP contribution >= 0.6 is 0 Å². The van der Waals surface area contributed by atoms with E-state index in [0.29, 0.717) is 5.70 Å². The van der Waals surface area contributed by atoms with Crippen LogP contribution in [0.15, 0.2) is 66.7 Å². The van der Waals surface area contributed by atoms with Gasteiger partial charge in [-0.1, -0.05) is 60.7 Å². The van der Waals surface area contributed by atoms with Gasteiger partial charge in [0.2, 0.25) is 0 Å². The highest BCUT2D eigenvalue weighted by molar-refractivity contribution is 5.81. The van der Waals surface area contributed by atoms with Gasteiger partial charge >= 0.3 is 6.09 Å². The van der Waals surface area contributed by atoms with E-state index in [1.54, 1.807) is 6.08 Å². The number of carbonyl (C=O) groups is 1. The van der Waals surface area contributed by atoms with E-state index in [2.05, 4.69) is 5.32 Å². The second-order valence-electron chi connectivity index (χ2n) is 4.97. The van der Waals surface area contributed by atoms with Gasteiger partial charge in [-0.15, -0.1) is 0 Å². The van der Waals surface area contributed by atoms with Gasteiger partial charge in [0.05, 0.1) is 5.70 Å². The zero-order valence-electron chi connectivity index (χ0n) is 13.8. The molecule has 0 heterocycles. The fraction of sp³-hybridized carbons (Fsp3) is 0.211. The van der Waals surface area contributed by atoms with Crippen LogP contribution in [0.2, 0.25) is 0 Å². The number of nitrogens with one attached hydrogen (secondary N) is 1. The minimum absolute atomic E-state index is 0.201. The van der Waals surface area contributed by atoms with Gasteiger partial charge in [0.25, 0.3) is 0 Å². The van der Waals surface area contributed by atoms with E-state index < -0.39 is 12.4 Å². The Balaban J connectivity index is 2.06. The number of benzene rings is 2. The first-order valence-electron chi connectivity index (χ1n) is 7.53. The predicted molar refractivity (Wildman–Crippen MR) is 92.0 cm³/mol. The lowest BCUT2D eigenvalue weighted by Crippen LogP contribution is -2.24. The molecule has 0 spiro atoms. The largest absolute Gasteiger partial charge is 0.444 e. The van der Waals surface area contributed by atoms with Crippen LogP contribution in [0.1, 0.15) is 11.1 Å². The Morgan fingerprint density at radius 2 is 1.58 bits per heavy atom. The molecule has 1 amide bonds. The third-order valence-corrected chi connectivity index (χ3v) is 3.30. The van der Waals surface area contributed by atoms with Gasteiger partial charge in [0.1, 0.15) is 6.61 Å². The molecule has 1 N–H and O–H groups in total. The van der Waals surface area contributed by atoms with E-state index in [1.807, 2.05) is 60.7 Å². The SMILES string of the molecule is COC(C=C(NC(=O)OCc1ccccc1)c1ccccc1)OC. The number of ether oxygens (including phenoxy) is 3. The monoisotopic (exact) mass is 327 g/mol. The van der Waals surface area contributed by atoms with E-state index in [9.17, 15) is 4.79 Å². The van der Waals surface area contributed by atoms with Gasteiger partial charge < -0.3 is 14.2 Å². The first-order valence-corrected chi connectivity index (χ1v) is 7.53. The number of rotatable bonds is 7. The topological polar surface area (TPSA) is 56.8 Å². The highest BCUT2D eigenvalue weighted by atomic mass is 16.7. The molecule has 24 heavy (non-hydrogen) atoms. The molecule has 0 saturated heterocycles. The summed E-state index contributed by atoms with van der Waals surface area (Å²) in [7, 11) is 3.06. The molecule has 0 bridgehead atoms. The molecule has 0 aliphatic carbocycles. The molecule has 2 aromatic rings. The molecule has 5 heteroatoms. The molecule has 126 valence electrons. The molecule has 5 nitrogen and oxygen atoms in total. The van der Waals surface area contributed by atoms with Gasteiger partial charge in [0, 0.05) is 14.2 Å². The van der Waals surface area contributed by atoms with Crippen molar-refractivity contribution in [3.05, 3.63) is 77.9 Å². The van der Waals surface area contributed by atoms with E-state index in [1.165, 1.54) is 14.2 Å². The number of carbonyl (C=O) groups excluding carboxylic acids is 1. The summed E-state index contributed by atoms with van der Waals surface area (Å²) in [5, 5.41) is 2.74. The predicted octanol–water partition coefficient (Wildman–Crippen LogP) is 3.57. The van der Waals surface area contributed by atoms with Crippen molar-refractivity contribution in [2.24, 2.45) is 0 Å². The number of hydrogen-bond acceptors (Lipinski definition) is 4. The first-order chi connectivity index (χ1) is 11.7. The summed E-state index contributed by atoms with van der Waals surface area (Å²) in [6.45, 7) is 0.201. The van der Waals surface area contributed by atoms with Crippen molar-refractivity contribution >= 4 is 11.8 Å². The lowest BCUT2D eigenvalue weighted by atomic mass is 10.1. The molecular formula is C19H21NO4. The molecule has 0 saturated carbocycles. The number of methoxy groups -OCH3 is 2. The summed E-state index contributed by atoms with van der Waals surface area (Å²) in [5.74, 6) is 0. The molecule has 2 rings (SSSR count). The zero-order valence-corrected chi connectivity index (χ0v) is 13.8. The Kier molecular flexibility index (Phi) is 7.01. The number of alkyl carbamates (subject to hydrolysis) is 1. The molecule has 0 aliphatic rings. The van der Waals surface area contributed by atoms with Crippen molar-refractivity contribution in [2.45, 2.75) is 12.9 Å². The summed E-state index contributed by atoms with van der Waals surface area (Å²) in [6, 6.07) is 18.9. The van der Waals surface area contributed by atoms with Crippen molar-refractivity contribution in [2.75, 3.05) is 14.2 Å². The minimum atomic E-state index is -0.574. The van der Waals surface area contributed by atoms with E-state index in [4.69, 9.17) is 14.2 Å². The average molecular weight is 327 g/mol. The van der Waals surface area contributed by atoms with Crippen LogP contribution in [0.5, 0.6) is 0 Å². The molecule has 2 aromatic carbocycles. The van der Waals surface area contributed by atoms with E-state index in [-0.39, 0.29) is 6.61 Å². The molecule has 0 unspecified atom stereocenters. The van der Waals surface area contributed by atoms with Gasteiger partial charge in [-0.25, -0.2) is 4.79 Å². The molecule has 0 fully saturated rings. The zero-order chi connectivity index (χ0) is 17.2. The van der Waals surface area contributed by atoms with Crippen molar-refractivity contribution in [3.63, 3.8) is 0 Å². The van der Waals surface area contributed by atoms with Crippen molar-refractivity contribution in [1.29, 1.82) is 0 Å². The lowest BCUT2D eigenvalue weighted by molar-refractivity contribution is -0.0664. The minimum Gasteiger partial charge on any atom is -0.444 e. The van der Waals surface area contributed by atoms with Crippen LogP contribution in [0, 0.1) is 0 Å². The van der Waals surface area contributed by atoms with Crippen LogP contribution < -0.4 is 5.32 Å². The average Bonchev–Trinajstić information content (AvgIpc) is 2.65. The van der Waals surface area contributed by atoms with Crippen LogP contribution in [-0.2, 0) is 20.8 Å². The summed E-state index contributed by atoms with van der Waals surface area (Å²) in [6.07, 6.45) is 0.564. The molecular weight excluding hydrogens is 306 g/mol. The van der Waals surface area contributed by atoms with Crippen molar-refractivity contribution < 1.29 is 19.0 Å². The summed E-state index contributed by atoms with van der Waals surface area (Å²) in [5.41, 5.74) is 2.31. The number of hydrogen-bond donors (Lipinski definition) is 1. The Bertz CT molecular complexity index is 652. The Hall–Kier alpha value is -2.63. The highest BCUT2D eigenvalue weighted by Gasteiger charge is 2.11. The van der Waals surface area contributed by atoms with Gasteiger partial charge in [-0.3, -0.25) is 5.32 Å².